The van der Waals surface area contributed by atoms with Gasteiger partial charge in [0.1, 0.15) is 5.15 Å². The Morgan fingerprint density at radius 3 is 2.63 bits per heavy atom. The van der Waals surface area contributed by atoms with Gasteiger partial charge in [-0.15, -0.1) is 0 Å². The highest BCUT2D eigenvalue weighted by molar-refractivity contribution is 7.93. The van der Waals surface area contributed by atoms with Gasteiger partial charge in [0.15, 0.2) is 0 Å². The molecule has 0 bridgehead atoms. The number of nitrogens with zero attached hydrogens (tertiary/aromatic N) is 2. The van der Waals surface area contributed by atoms with E-state index in [1.807, 2.05) is 0 Å². The summed E-state index contributed by atoms with van der Waals surface area (Å²) in [7, 11) is -2.04. The maximum Gasteiger partial charge on any atom is 0.241 e. The molecule has 2 rings (SSSR count). The minimum absolute atomic E-state index is 0.0464. The van der Waals surface area contributed by atoms with Crippen molar-refractivity contribution in [2.75, 3.05) is 11.8 Å². The van der Waals surface area contributed by atoms with Crippen LogP contribution in [0.5, 0.6) is 5.88 Å². The first-order valence-corrected chi connectivity index (χ1v) is 8.04. The van der Waals surface area contributed by atoms with Gasteiger partial charge in [0.05, 0.1) is 12.4 Å². The molecular weight excluding hydrogens is 290 g/mol. The number of rotatable bonds is 4. The Balaban J connectivity index is 2.17. The summed E-state index contributed by atoms with van der Waals surface area (Å²) in [5.74, 6) is 0.177. The van der Waals surface area contributed by atoms with Gasteiger partial charge in [0.25, 0.3) is 0 Å². The van der Waals surface area contributed by atoms with Gasteiger partial charge < -0.3 is 4.74 Å². The lowest BCUT2D eigenvalue weighted by atomic mass is 10.0. The Labute approximate surface area is 117 Å². The number of ether oxygens (including phenoxy) is 1. The zero-order valence-corrected chi connectivity index (χ0v) is 12.2. The largest absolute Gasteiger partial charge is 0.481 e. The van der Waals surface area contributed by atoms with Gasteiger partial charge in [-0.05, 0) is 12.8 Å². The average Bonchev–Trinajstić information content (AvgIpc) is 2.38. The van der Waals surface area contributed by atoms with Crippen molar-refractivity contribution in [1.29, 1.82) is 0 Å². The van der Waals surface area contributed by atoms with E-state index < -0.39 is 10.0 Å². The molecule has 1 aliphatic rings. The third-order valence-electron chi connectivity index (χ3n) is 3.11. The number of aromatic nitrogens is 2. The molecule has 0 atom stereocenters. The summed E-state index contributed by atoms with van der Waals surface area (Å²) in [6, 6.07) is 1.42. The van der Waals surface area contributed by atoms with Crippen LogP contribution in [0.2, 0.25) is 5.15 Å². The van der Waals surface area contributed by atoms with Gasteiger partial charge >= 0.3 is 0 Å². The van der Waals surface area contributed by atoms with Crippen molar-refractivity contribution in [1.82, 2.24) is 9.97 Å². The lowest BCUT2D eigenvalue weighted by Crippen LogP contribution is -2.30. The third kappa shape index (κ3) is 3.70. The highest BCUT2D eigenvalue weighted by Gasteiger charge is 2.28. The highest BCUT2D eigenvalue weighted by Crippen LogP contribution is 2.25. The van der Waals surface area contributed by atoms with Crippen LogP contribution in [0.25, 0.3) is 0 Å². The number of nitrogens with one attached hydrogen (secondary N) is 1. The van der Waals surface area contributed by atoms with E-state index in [1.54, 1.807) is 0 Å². The van der Waals surface area contributed by atoms with Gasteiger partial charge in [-0.2, -0.15) is 4.98 Å². The number of anilines is 1. The van der Waals surface area contributed by atoms with Gasteiger partial charge in [-0.3, -0.25) is 4.72 Å². The smallest absolute Gasteiger partial charge is 0.241 e. The second-order valence-corrected chi connectivity index (χ2v) is 6.81. The molecule has 1 heterocycles. The minimum Gasteiger partial charge on any atom is -0.481 e. The lowest BCUT2D eigenvalue weighted by Gasteiger charge is -2.21. The van der Waals surface area contributed by atoms with E-state index in [2.05, 4.69) is 14.7 Å². The average molecular weight is 306 g/mol. The SMILES string of the molecule is COc1cc(Cl)nc(NS(=O)(=O)C2CCCCC2)n1. The summed E-state index contributed by atoms with van der Waals surface area (Å²) < 4.78 is 31.7. The van der Waals surface area contributed by atoms with Crippen LogP contribution in [-0.4, -0.2) is 30.7 Å². The minimum atomic E-state index is -3.47. The molecule has 0 amide bonds. The number of sulfonamides is 1. The van der Waals surface area contributed by atoms with Gasteiger partial charge in [-0.25, -0.2) is 13.4 Å². The molecule has 1 fully saturated rings. The number of halogens is 1. The molecule has 1 saturated carbocycles. The molecule has 0 spiro atoms. The molecule has 0 aromatic carbocycles. The second-order valence-electron chi connectivity index (χ2n) is 4.46. The molecule has 19 heavy (non-hydrogen) atoms. The van der Waals surface area contributed by atoms with Crippen molar-refractivity contribution in [2.45, 2.75) is 37.4 Å². The fraction of sp³-hybridized carbons (Fsp3) is 0.636. The molecule has 106 valence electrons. The Hall–Kier alpha value is -1.08. The Morgan fingerprint density at radius 1 is 1.32 bits per heavy atom. The molecule has 8 heteroatoms. The molecule has 1 N–H and O–H groups in total. The quantitative estimate of drug-likeness (QED) is 0.863. The van der Waals surface area contributed by atoms with Crippen molar-refractivity contribution < 1.29 is 13.2 Å². The molecule has 0 saturated heterocycles. The summed E-state index contributed by atoms with van der Waals surface area (Å²) in [5, 5.41) is -0.247. The van der Waals surface area contributed by atoms with Gasteiger partial charge in [0, 0.05) is 6.07 Å². The fourth-order valence-electron chi connectivity index (χ4n) is 2.13. The Bertz CT molecular complexity index is 544. The second kappa shape index (κ2) is 5.92. The van der Waals surface area contributed by atoms with Crippen LogP contribution >= 0.6 is 11.6 Å². The number of hydrogen-bond donors (Lipinski definition) is 1. The molecule has 1 aliphatic carbocycles. The number of hydrogen-bond acceptors (Lipinski definition) is 5. The van der Waals surface area contributed by atoms with Crippen molar-refractivity contribution in [2.24, 2.45) is 0 Å². The van der Waals surface area contributed by atoms with Crippen LogP contribution in [0.3, 0.4) is 0 Å². The van der Waals surface area contributed by atoms with Crippen LogP contribution in [0, 0.1) is 0 Å². The normalized spacial score (nSPS) is 17.2. The molecular formula is C11H16ClN3O3S. The first-order chi connectivity index (χ1) is 9.01. The van der Waals surface area contributed by atoms with Crippen molar-refractivity contribution in [3.05, 3.63) is 11.2 Å². The Kier molecular flexibility index (Phi) is 4.46. The van der Waals surface area contributed by atoms with Crippen LogP contribution in [0.4, 0.5) is 5.95 Å². The summed E-state index contributed by atoms with van der Waals surface area (Å²) in [6.45, 7) is 0. The molecule has 1 aromatic rings. The Morgan fingerprint density at radius 2 is 2.00 bits per heavy atom. The van der Waals surface area contributed by atoms with Crippen LogP contribution in [0.1, 0.15) is 32.1 Å². The molecule has 6 nitrogen and oxygen atoms in total. The summed E-state index contributed by atoms with van der Waals surface area (Å²) in [6.07, 6.45) is 4.31. The molecule has 0 unspecified atom stereocenters. The topological polar surface area (TPSA) is 81.2 Å². The third-order valence-corrected chi connectivity index (χ3v) is 5.11. The summed E-state index contributed by atoms with van der Waals surface area (Å²) in [4.78, 5) is 7.77. The summed E-state index contributed by atoms with van der Waals surface area (Å²) in [5.41, 5.74) is 0. The van der Waals surface area contributed by atoms with E-state index in [0.29, 0.717) is 12.8 Å². The van der Waals surface area contributed by atoms with E-state index in [-0.39, 0.29) is 22.2 Å². The standard InChI is InChI=1S/C11H16ClN3O3S/c1-18-10-7-9(12)13-11(14-10)15-19(16,17)8-5-3-2-4-6-8/h7-8H,2-6H2,1H3,(H,13,14,15). The van der Waals surface area contributed by atoms with E-state index in [0.717, 1.165) is 19.3 Å². The van der Waals surface area contributed by atoms with Crippen LogP contribution < -0.4 is 9.46 Å². The zero-order valence-electron chi connectivity index (χ0n) is 10.6. The molecule has 1 aromatic heterocycles. The van der Waals surface area contributed by atoms with E-state index in [4.69, 9.17) is 16.3 Å². The van der Waals surface area contributed by atoms with Gasteiger partial charge in [-0.1, -0.05) is 30.9 Å². The van der Waals surface area contributed by atoms with Crippen LogP contribution in [-0.2, 0) is 10.0 Å². The molecule has 0 radical (unpaired) electrons. The fourth-order valence-corrected chi connectivity index (χ4v) is 3.77. The highest BCUT2D eigenvalue weighted by atomic mass is 35.5. The summed E-state index contributed by atoms with van der Waals surface area (Å²) >= 11 is 5.78. The lowest BCUT2D eigenvalue weighted by molar-refractivity contribution is 0.397. The van der Waals surface area contributed by atoms with Crippen molar-refractivity contribution in [3.8, 4) is 5.88 Å². The van der Waals surface area contributed by atoms with E-state index in [1.165, 1.54) is 13.2 Å². The zero-order chi connectivity index (χ0) is 13.9. The first kappa shape index (κ1) is 14.3. The van der Waals surface area contributed by atoms with Crippen LogP contribution in [0.15, 0.2) is 6.07 Å². The number of methoxy groups -OCH3 is 1. The van der Waals surface area contributed by atoms with Gasteiger partial charge in [0.2, 0.25) is 21.9 Å². The predicted molar refractivity (Wildman–Crippen MR) is 73.0 cm³/mol. The first-order valence-electron chi connectivity index (χ1n) is 6.11. The van der Waals surface area contributed by atoms with Crippen molar-refractivity contribution in [3.63, 3.8) is 0 Å². The predicted octanol–water partition coefficient (Wildman–Crippen LogP) is 2.21. The van der Waals surface area contributed by atoms with Crippen molar-refractivity contribution >= 4 is 27.6 Å². The van der Waals surface area contributed by atoms with E-state index >= 15 is 0 Å². The molecule has 0 aliphatic heterocycles. The maximum atomic E-state index is 12.2. The maximum absolute atomic E-state index is 12.2. The van der Waals surface area contributed by atoms with E-state index in [9.17, 15) is 8.42 Å². The monoisotopic (exact) mass is 305 g/mol.